The summed E-state index contributed by atoms with van der Waals surface area (Å²) in [7, 11) is 0. The van der Waals surface area contributed by atoms with Crippen LogP contribution >= 0.6 is 0 Å². The molecule has 1 aliphatic rings. The Morgan fingerprint density at radius 2 is 2.24 bits per heavy atom. The van der Waals surface area contributed by atoms with Crippen LogP contribution in [0.25, 0.3) is 0 Å². The molecule has 1 saturated heterocycles. The summed E-state index contributed by atoms with van der Waals surface area (Å²) >= 11 is 0. The van der Waals surface area contributed by atoms with Gasteiger partial charge in [-0.15, -0.1) is 0 Å². The van der Waals surface area contributed by atoms with Crippen molar-refractivity contribution >= 4 is 5.78 Å². The number of hydrogen-bond acceptors (Lipinski definition) is 7. The Morgan fingerprint density at radius 3 is 2.76 bits per heavy atom. The molecular formula is C9H13N3O5. The van der Waals surface area contributed by atoms with Gasteiger partial charge in [0, 0.05) is 0 Å². The van der Waals surface area contributed by atoms with Gasteiger partial charge in [-0.05, 0) is 6.92 Å². The van der Waals surface area contributed by atoms with Gasteiger partial charge in [0.25, 0.3) is 0 Å². The first-order chi connectivity index (χ1) is 8.02. The average Bonchev–Trinajstić information content (AvgIpc) is 2.89. The molecular weight excluding hydrogens is 230 g/mol. The van der Waals surface area contributed by atoms with Crippen molar-refractivity contribution in [2.75, 3.05) is 0 Å². The molecule has 0 amide bonds. The fraction of sp³-hybridized carbons (Fsp3) is 0.667. The molecule has 1 fully saturated rings. The van der Waals surface area contributed by atoms with Crippen molar-refractivity contribution in [3.8, 4) is 0 Å². The van der Waals surface area contributed by atoms with Crippen molar-refractivity contribution in [2.24, 2.45) is 0 Å². The highest BCUT2D eigenvalue weighted by molar-refractivity contribution is 5.81. The lowest BCUT2D eigenvalue weighted by Crippen LogP contribution is -2.41. The Balaban J connectivity index is 2.17. The number of hydrogen-bond donors (Lipinski definition) is 4. The first-order valence-electron chi connectivity index (χ1n) is 5.08. The summed E-state index contributed by atoms with van der Waals surface area (Å²) in [6.45, 7) is 1.18. The molecule has 17 heavy (non-hydrogen) atoms. The maximum absolute atomic E-state index is 11.0. The molecule has 4 N–H and O–H groups in total. The van der Waals surface area contributed by atoms with E-state index in [4.69, 9.17) is 4.74 Å². The minimum Gasteiger partial charge on any atom is -0.387 e. The maximum atomic E-state index is 11.0. The summed E-state index contributed by atoms with van der Waals surface area (Å²) in [5.41, 5.74) is 0.301. The summed E-state index contributed by atoms with van der Waals surface area (Å²) in [6.07, 6.45) is -4.83. The van der Waals surface area contributed by atoms with Crippen LogP contribution in [0.1, 0.15) is 18.7 Å². The Morgan fingerprint density at radius 1 is 1.53 bits per heavy atom. The molecule has 0 aliphatic carbocycles. The summed E-state index contributed by atoms with van der Waals surface area (Å²) in [4.78, 5) is 11.0. The SMILES string of the molecule is CC(=O)C(O)[C@@H]1O[C@@H](c2cn[nH]n2)[C@@H](O)[C@H]1O. The monoisotopic (exact) mass is 243 g/mol. The zero-order valence-corrected chi connectivity index (χ0v) is 9.02. The summed E-state index contributed by atoms with van der Waals surface area (Å²) < 4.78 is 5.26. The first kappa shape index (κ1) is 12.1. The number of rotatable bonds is 3. The second-order valence-electron chi connectivity index (χ2n) is 3.95. The lowest BCUT2D eigenvalue weighted by molar-refractivity contribution is -0.137. The molecule has 2 rings (SSSR count). The van der Waals surface area contributed by atoms with E-state index in [1.807, 2.05) is 0 Å². The number of ether oxygens (including phenoxy) is 1. The average molecular weight is 243 g/mol. The molecule has 0 spiro atoms. The van der Waals surface area contributed by atoms with E-state index in [9.17, 15) is 20.1 Å². The van der Waals surface area contributed by atoms with Gasteiger partial charge in [-0.25, -0.2) is 0 Å². The number of carbonyl (C=O) groups excluding carboxylic acids is 1. The molecule has 8 nitrogen and oxygen atoms in total. The molecule has 0 aromatic carbocycles. The van der Waals surface area contributed by atoms with E-state index in [1.54, 1.807) is 0 Å². The second kappa shape index (κ2) is 4.49. The van der Waals surface area contributed by atoms with Crippen LogP contribution in [-0.2, 0) is 9.53 Å². The first-order valence-corrected chi connectivity index (χ1v) is 5.08. The molecule has 1 aromatic heterocycles. The fourth-order valence-electron chi connectivity index (χ4n) is 1.79. The van der Waals surface area contributed by atoms with Crippen molar-refractivity contribution in [3.05, 3.63) is 11.9 Å². The van der Waals surface area contributed by atoms with Crippen molar-refractivity contribution < 1.29 is 24.9 Å². The van der Waals surface area contributed by atoms with E-state index < -0.39 is 36.3 Å². The van der Waals surface area contributed by atoms with Gasteiger partial charge in [-0.3, -0.25) is 4.79 Å². The fourth-order valence-corrected chi connectivity index (χ4v) is 1.79. The van der Waals surface area contributed by atoms with Gasteiger partial charge in [-0.2, -0.15) is 15.4 Å². The minimum atomic E-state index is -1.48. The Bertz CT molecular complexity index is 395. The summed E-state index contributed by atoms with van der Waals surface area (Å²) in [6, 6.07) is 0. The highest BCUT2D eigenvalue weighted by atomic mass is 16.6. The number of nitrogens with zero attached hydrogens (tertiary/aromatic N) is 2. The highest BCUT2D eigenvalue weighted by Crippen LogP contribution is 2.33. The highest BCUT2D eigenvalue weighted by Gasteiger charge is 2.48. The number of aliphatic hydroxyl groups excluding tert-OH is 3. The zero-order valence-electron chi connectivity index (χ0n) is 9.02. The van der Waals surface area contributed by atoms with Crippen molar-refractivity contribution in [2.45, 2.75) is 37.4 Å². The predicted octanol–water partition coefficient (Wildman–Crippen LogP) is -2.08. The third kappa shape index (κ3) is 2.07. The molecule has 1 unspecified atom stereocenters. The lowest BCUT2D eigenvalue weighted by atomic mass is 10.0. The van der Waals surface area contributed by atoms with Crippen LogP contribution in [0.2, 0.25) is 0 Å². The largest absolute Gasteiger partial charge is 0.387 e. The quantitative estimate of drug-likeness (QED) is 0.479. The lowest BCUT2D eigenvalue weighted by Gasteiger charge is -2.18. The Hall–Kier alpha value is -1.35. The van der Waals surface area contributed by atoms with Crippen LogP contribution in [0.4, 0.5) is 0 Å². The van der Waals surface area contributed by atoms with Crippen LogP contribution in [-0.4, -0.2) is 60.9 Å². The topological polar surface area (TPSA) is 129 Å². The Labute approximate surface area is 96.2 Å². The van der Waals surface area contributed by atoms with Gasteiger partial charge in [0.2, 0.25) is 0 Å². The van der Waals surface area contributed by atoms with Gasteiger partial charge in [0.05, 0.1) is 6.20 Å². The van der Waals surface area contributed by atoms with E-state index in [0.717, 1.165) is 0 Å². The molecule has 1 aliphatic heterocycles. The molecule has 1 aromatic rings. The molecule has 2 heterocycles. The van der Waals surface area contributed by atoms with Crippen molar-refractivity contribution in [1.29, 1.82) is 0 Å². The number of H-pyrrole nitrogens is 1. The number of Topliss-reactive ketones (excluding diaryl/α,β-unsaturated/α-hetero) is 1. The van der Waals surface area contributed by atoms with Gasteiger partial charge < -0.3 is 20.1 Å². The van der Waals surface area contributed by atoms with Gasteiger partial charge in [0.15, 0.2) is 5.78 Å². The van der Waals surface area contributed by atoms with E-state index >= 15 is 0 Å². The zero-order chi connectivity index (χ0) is 12.6. The number of ketones is 1. The number of aromatic nitrogens is 3. The number of aliphatic hydroxyl groups is 3. The molecule has 8 heteroatoms. The van der Waals surface area contributed by atoms with Crippen molar-refractivity contribution in [3.63, 3.8) is 0 Å². The van der Waals surface area contributed by atoms with Crippen LogP contribution < -0.4 is 0 Å². The molecule has 0 bridgehead atoms. The summed E-state index contributed by atoms with van der Waals surface area (Å²) in [5, 5.41) is 38.6. The molecule has 0 radical (unpaired) electrons. The van der Waals surface area contributed by atoms with Crippen LogP contribution in [0.3, 0.4) is 0 Å². The van der Waals surface area contributed by atoms with Crippen LogP contribution in [0.15, 0.2) is 6.20 Å². The van der Waals surface area contributed by atoms with Crippen LogP contribution in [0, 0.1) is 0 Å². The maximum Gasteiger partial charge on any atom is 0.160 e. The van der Waals surface area contributed by atoms with E-state index in [-0.39, 0.29) is 0 Å². The standard InChI is InChI=1S/C9H13N3O5/c1-3(13)5(14)9-7(16)6(15)8(17-9)4-2-10-12-11-4/h2,5-9,14-16H,1H3,(H,10,11,12)/t5?,6-,7+,8-,9-/m0/s1. The van der Waals surface area contributed by atoms with Gasteiger partial charge in [0.1, 0.15) is 36.2 Å². The van der Waals surface area contributed by atoms with Crippen molar-refractivity contribution in [1.82, 2.24) is 15.4 Å². The number of carbonyl (C=O) groups is 1. The molecule has 5 atom stereocenters. The van der Waals surface area contributed by atoms with Crippen LogP contribution in [0.5, 0.6) is 0 Å². The second-order valence-corrected chi connectivity index (χ2v) is 3.95. The third-order valence-corrected chi connectivity index (χ3v) is 2.75. The van der Waals surface area contributed by atoms with Gasteiger partial charge in [-0.1, -0.05) is 0 Å². The minimum absolute atomic E-state index is 0.301. The predicted molar refractivity (Wildman–Crippen MR) is 52.7 cm³/mol. The third-order valence-electron chi connectivity index (χ3n) is 2.75. The van der Waals surface area contributed by atoms with E-state index in [1.165, 1.54) is 13.1 Å². The molecule has 0 saturated carbocycles. The van der Waals surface area contributed by atoms with E-state index in [0.29, 0.717) is 5.69 Å². The Kier molecular flexibility index (Phi) is 3.20. The smallest absolute Gasteiger partial charge is 0.160 e. The number of aromatic amines is 1. The molecule has 94 valence electrons. The summed E-state index contributed by atoms with van der Waals surface area (Å²) in [5.74, 6) is -0.540. The van der Waals surface area contributed by atoms with E-state index in [2.05, 4.69) is 15.4 Å². The number of nitrogens with one attached hydrogen (secondary N) is 1. The van der Waals surface area contributed by atoms with Gasteiger partial charge >= 0.3 is 0 Å². The normalized spacial score (nSPS) is 34.8.